The van der Waals surface area contributed by atoms with Crippen molar-refractivity contribution < 1.29 is 9.84 Å². The van der Waals surface area contributed by atoms with Crippen LogP contribution in [0.25, 0.3) is 27.2 Å². The van der Waals surface area contributed by atoms with Gasteiger partial charge in [0, 0.05) is 16.6 Å². The van der Waals surface area contributed by atoms with Crippen molar-refractivity contribution in [3.8, 4) is 21.6 Å². The Bertz CT molecular complexity index is 1080. The summed E-state index contributed by atoms with van der Waals surface area (Å²) in [6.07, 6.45) is 1.70. The first-order valence-electron chi connectivity index (χ1n) is 8.19. The van der Waals surface area contributed by atoms with Crippen LogP contribution in [0.1, 0.15) is 5.69 Å². The molecule has 0 spiro atoms. The highest BCUT2D eigenvalue weighted by Gasteiger charge is 2.13. The summed E-state index contributed by atoms with van der Waals surface area (Å²) in [5.74, 6) is 0. The third-order valence-electron chi connectivity index (χ3n) is 4.02. The van der Waals surface area contributed by atoms with Crippen LogP contribution in [0.5, 0.6) is 0 Å². The Hall–Kier alpha value is -2.74. The van der Waals surface area contributed by atoms with Crippen molar-refractivity contribution in [1.29, 1.82) is 0 Å². The smallest absolute Gasteiger partial charge is 0.274 e. The minimum absolute atomic E-state index is 0.0537. The normalized spacial score (nSPS) is 11.3. The highest BCUT2D eigenvalue weighted by atomic mass is 32.1. The second-order valence-corrected chi connectivity index (χ2v) is 6.70. The lowest BCUT2D eigenvalue weighted by molar-refractivity contribution is 0.0797. The molecule has 0 unspecified atom stereocenters. The van der Waals surface area contributed by atoms with Gasteiger partial charge in [0.05, 0.1) is 31.6 Å². The Morgan fingerprint density at radius 1 is 1.19 bits per heavy atom. The van der Waals surface area contributed by atoms with E-state index in [1.54, 1.807) is 17.5 Å². The van der Waals surface area contributed by atoms with Crippen LogP contribution in [0.15, 0.2) is 58.8 Å². The fourth-order valence-electron chi connectivity index (χ4n) is 2.80. The van der Waals surface area contributed by atoms with Crippen LogP contribution in [-0.4, -0.2) is 32.9 Å². The Kier molecular flexibility index (Phi) is 4.66. The van der Waals surface area contributed by atoms with E-state index < -0.39 is 0 Å². The number of aromatic nitrogens is 3. The molecule has 3 heterocycles. The number of benzene rings is 1. The van der Waals surface area contributed by atoms with Crippen LogP contribution < -0.4 is 5.56 Å². The zero-order chi connectivity index (χ0) is 17.9. The highest BCUT2D eigenvalue weighted by molar-refractivity contribution is 7.14. The number of H-pyrrole nitrogens is 1. The van der Waals surface area contributed by atoms with Gasteiger partial charge in [-0.25, -0.2) is 0 Å². The van der Waals surface area contributed by atoms with E-state index >= 15 is 0 Å². The fraction of sp³-hybridized carbons (Fsp3) is 0.158. The molecule has 6 nitrogen and oxygen atoms in total. The number of hydrogen-bond acceptors (Lipinski definition) is 5. The van der Waals surface area contributed by atoms with E-state index in [4.69, 9.17) is 9.84 Å². The Morgan fingerprint density at radius 2 is 2.04 bits per heavy atom. The van der Waals surface area contributed by atoms with E-state index in [0.29, 0.717) is 11.3 Å². The van der Waals surface area contributed by atoms with Gasteiger partial charge in [-0.05, 0) is 22.6 Å². The summed E-state index contributed by atoms with van der Waals surface area (Å²) < 4.78 is 6.66. The average Bonchev–Trinajstić information content (AvgIpc) is 3.30. The molecule has 2 N–H and O–H groups in total. The van der Waals surface area contributed by atoms with Crippen LogP contribution in [0.4, 0.5) is 0 Å². The SMILES string of the molecule is O=c1cc(COCCO)[nH]c2c(-c3cc(-c4ccccc4)cs3)cnn12. The molecule has 0 amide bonds. The Labute approximate surface area is 153 Å². The molecule has 0 atom stereocenters. The number of aliphatic hydroxyl groups excluding tert-OH is 1. The minimum atomic E-state index is -0.215. The number of fused-ring (bicyclic) bond motifs is 1. The number of rotatable bonds is 6. The molecule has 132 valence electrons. The average molecular weight is 367 g/mol. The summed E-state index contributed by atoms with van der Waals surface area (Å²) in [5.41, 5.74) is 4.23. The first-order chi connectivity index (χ1) is 12.8. The summed E-state index contributed by atoms with van der Waals surface area (Å²) in [6.45, 7) is 0.406. The number of hydrogen-bond donors (Lipinski definition) is 2. The van der Waals surface area contributed by atoms with Gasteiger partial charge < -0.3 is 14.8 Å². The lowest BCUT2D eigenvalue weighted by Gasteiger charge is -2.04. The zero-order valence-electron chi connectivity index (χ0n) is 13.9. The summed E-state index contributed by atoms with van der Waals surface area (Å²) in [7, 11) is 0. The summed E-state index contributed by atoms with van der Waals surface area (Å²) in [4.78, 5) is 16.5. The van der Waals surface area contributed by atoms with Crippen molar-refractivity contribution in [2.24, 2.45) is 0 Å². The third-order valence-corrected chi connectivity index (χ3v) is 4.98. The molecular weight excluding hydrogens is 350 g/mol. The maximum Gasteiger partial charge on any atom is 0.274 e. The highest BCUT2D eigenvalue weighted by Crippen LogP contribution is 2.33. The number of aromatic amines is 1. The van der Waals surface area contributed by atoms with E-state index in [0.717, 1.165) is 21.6 Å². The second-order valence-electron chi connectivity index (χ2n) is 5.79. The van der Waals surface area contributed by atoms with Crippen molar-refractivity contribution in [3.63, 3.8) is 0 Å². The van der Waals surface area contributed by atoms with Gasteiger partial charge in [0.15, 0.2) is 0 Å². The van der Waals surface area contributed by atoms with Gasteiger partial charge in [-0.2, -0.15) is 9.61 Å². The second kappa shape index (κ2) is 7.25. The monoisotopic (exact) mass is 367 g/mol. The van der Waals surface area contributed by atoms with Crippen LogP contribution in [-0.2, 0) is 11.3 Å². The summed E-state index contributed by atoms with van der Waals surface area (Å²) in [6, 6.07) is 13.7. The Morgan fingerprint density at radius 3 is 2.85 bits per heavy atom. The van der Waals surface area contributed by atoms with Crippen LogP contribution in [0, 0.1) is 0 Å². The van der Waals surface area contributed by atoms with Crippen LogP contribution >= 0.6 is 11.3 Å². The molecule has 1 aromatic carbocycles. The molecule has 4 rings (SSSR count). The van der Waals surface area contributed by atoms with Gasteiger partial charge in [0.1, 0.15) is 5.65 Å². The van der Waals surface area contributed by atoms with Crippen LogP contribution in [0.3, 0.4) is 0 Å². The maximum absolute atomic E-state index is 12.3. The molecule has 0 fully saturated rings. The zero-order valence-corrected chi connectivity index (χ0v) is 14.7. The number of aliphatic hydroxyl groups is 1. The predicted molar refractivity (Wildman–Crippen MR) is 101 cm³/mol. The molecule has 0 saturated carbocycles. The van der Waals surface area contributed by atoms with Gasteiger partial charge >= 0.3 is 0 Å². The van der Waals surface area contributed by atoms with Gasteiger partial charge in [0.2, 0.25) is 0 Å². The van der Waals surface area contributed by atoms with E-state index in [9.17, 15) is 4.79 Å². The first kappa shape index (κ1) is 16.7. The van der Waals surface area contributed by atoms with Gasteiger partial charge in [-0.15, -0.1) is 11.3 Å². The minimum Gasteiger partial charge on any atom is -0.394 e. The molecule has 7 heteroatoms. The van der Waals surface area contributed by atoms with Gasteiger partial charge in [-0.3, -0.25) is 4.79 Å². The molecular formula is C19H17N3O3S. The van der Waals surface area contributed by atoms with Crippen molar-refractivity contribution in [2.45, 2.75) is 6.61 Å². The molecule has 0 aliphatic carbocycles. The van der Waals surface area contributed by atoms with E-state index in [-0.39, 0.29) is 25.4 Å². The molecule has 3 aromatic heterocycles. The van der Waals surface area contributed by atoms with Crippen LogP contribution in [0.2, 0.25) is 0 Å². The number of ether oxygens (including phenoxy) is 1. The predicted octanol–water partition coefficient (Wildman–Crippen LogP) is 2.93. The van der Waals surface area contributed by atoms with E-state index in [1.165, 1.54) is 10.6 Å². The number of nitrogens with one attached hydrogen (secondary N) is 1. The lowest BCUT2D eigenvalue weighted by Crippen LogP contribution is -2.16. The van der Waals surface area contributed by atoms with Crippen molar-refractivity contribution >= 4 is 17.0 Å². The molecule has 0 aliphatic heterocycles. The fourth-order valence-corrected chi connectivity index (χ4v) is 3.73. The molecule has 0 aliphatic rings. The Balaban J connectivity index is 1.73. The number of thiophene rings is 1. The summed E-state index contributed by atoms with van der Waals surface area (Å²) in [5, 5.41) is 15.1. The number of nitrogens with zero attached hydrogens (tertiary/aromatic N) is 2. The molecule has 0 bridgehead atoms. The maximum atomic E-state index is 12.3. The van der Waals surface area contributed by atoms with Crippen molar-refractivity contribution in [3.05, 3.63) is 70.1 Å². The first-order valence-corrected chi connectivity index (χ1v) is 9.07. The molecule has 0 saturated heterocycles. The summed E-state index contributed by atoms with van der Waals surface area (Å²) >= 11 is 1.61. The van der Waals surface area contributed by atoms with Crippen molar-refractivity contribution in [1.82, 2.24) is 14.6 Å². The quantitative estimate of drug-likeness (QED) is 0.514. The third kappa shape index (κ3) is 3.20. The van der Waals surface area contributed by atoms with Gasteiger partial charge in [-0.1, -0.05) is 30.3 Å². The molecule has 0 radical (unpaired) electrons. The van der Waals surface area contributed by atoms with Crippen molar-refractivity contribution in [2.75, 3.05) is 13.2 Å². The largest absolute Gasteiger partial charge is 0.394 e. The van der Waals surface area contributed by atoms with Gasteiger partial charge in [0.25, 0.3) is 5.56 Å². The van der Waals surface area contributed by atoms with E-state index in [2.05, 4.69) is 33.7 Å². The standard InChI is InChI=1S/C19H17N3O3S/c23-6-7-25-11-15-9-18(24)22-19(21-15)16(10-20-22)17-8-14(12-26-17)13-4-2-1-3-5-13/h1-5,8-10,12,21,23H,6-7,11H2. The van der Waals surface area contributed by atoms with E-state index in [1.807, 2.05) is 18.2 Å². The molecule has 4 aromatic rings. The molecule has 26 heavy (non-hydrogen) atoms. The topological polar surface area (TPSA) is 79.6 Å². The lowest BCUT2D eigenvalue weighted by atomic mass is 10.1.